The Morgan fingerprint density at radius 2 is 2.03 bits per heavy atom. The van der Waals surface area contributed by atoms with E-state index in [0.717, 1.165) is 18.5 Å². The highest BCUT2D eigenvalue weighted by Gasteiger charge is 2.33. The van der Waals surface area contributed by atoms with Crippen LogP contribution in [0.2, 0.25) is 0 Å². The number of hydrogen-bond acceptors (Lipinski definition) is 5. The molecule has 0 spiro atoms. The van der Waals surface area contributed by atoms with Crippen molar-refractivity contribution in [2.75, 3.05) is 11.9 Å². The first-order valence-electron chi connectivity index (χ1n) is 10.7. The Hall–Kier alpha value is -3.07. The van der Waals surface area contributed by atoms with Crippen LogP contribution in [0.25, 0.3) is 5.65 Å². The number of nitrogens with zero attached hydrogens (tertiary/aromatic N) is 3. The van der Waals surface area contributed by atoms with Crippen LogP contribution in [0.1, 0.15) is 67.8 Å². The van der Waals surface area contributed by atoms with E-state index in [1.807, 2.05) is 31.4 Å². The molecule has 3 heterocycles. The fourth-order valence-electron chi connectivity index (χ4n) is 3.79. The summed E-state index contributed by atoms with van der Waals surface area (Å²) in [6.07, 6.45) is 3.22. The topological polar surface area (TPSA) is 77.8 Å². The van der Waals surface area contributed by atoms with Gasteiger partial charge in [0.25, 0.3) is 12.3 Å². The van der Waals surface area contributed by atoms with Crippen molar-refractivity contribution in [1.82, 2.24) is 14.4 Å². The van der Waals surface area contributed by atoms with Crippen LogP contribution >= 0.6 is 0 Å². The molecule has 4 rings (SSSR count). The van der Waals surface area contributed by atoms with E-state index < -0.39 is 18.0 Å². The Bertz CT molecular complexity index is 1110. The fourth-order valence-corrected chi connectivity index (χ4v) is 3.79. The van der Waals surface area contributed by atoms with Gasteiger partial charge in [-0.15, -0.1) is 0 Å². The van der Waals surface area contributed by atoms with Gasteiger partial charge in [0.1, 0.15) is 28.5 Å². The largest absolute Gasteiger partial charge is 0.491 e. The molecule has 0 aliphatic heterocycles. The molecule has 170 valence electrons. The second-order valence-corrected chi connectivity index (χ2v) is 8.09. The zero-order chi connectivity index (χ0) is 22.8. The van der Waals surface area contributed by atoms with E-state index in [0.29, 0.717) is 29.6 Å². The van der Waals surface area contributed by atoms with Crippen molar-refractivity contribution in [2.45, 2.75) is 58.2 Å². The first-order valence-corrected chi connectivity index (χ1v) is 10.7. The quantitative estimate of drug-likeness (QED) is 0.530. The third-order valence-corrected chi connectivity index (χ3v) is 5.33. The van der Waals surface area contributed by atoms with Crippen molar-refractivity contribution >= 4 is 17.2 Å². The van der Waals surface area contributed by atoms with E-state index in [9.17, 15) is 13.6 Å². The summed E-state index contributed by atoms with van der Waals surface area (Å²) in [6, 6.07) is 5.71. The molecular formula is C23H26F2N4O3. The van der Waals surface area contributed by atoms with Gasteiger partial charge < -0.3 is 19.2 Å². The molecule has 0 radical (unpaired) electrons. The molecule has 0 aromatic carbocycles. The molecule has 7 nitrogen and oxygen atoms in total. The second kappa shape index (κ2) is 9.20. The number of pyridine rings is 2. The average Bonchev–Trinajstić information content (AvgIpc) is 3.12. The number of nitrogens with one attached hydrogen (secondary N) is 1. The number of carbonyl (C=O) groups is 1. The fraction of sp³-hybridized carbons (Fsp3) is 0.435. The van der Waals surface area contributed by atoms with Crippen LogP contribution in [0, 0.1) is 0 Å². The van der Waals surface area contributed by atoms with Gasteiger partial charge in [-0.25, -0.2) is 18.7 Å². The number of carbonyl (C=O) groups excluding carboxylic acids is 1. The number of hydrogen-bond donors (Lipinski definition) is 1. The number of imidazole rings is 1. The van der Waals surface area contributed by atoms with Crippen LogP contribution < -0.4 is 10.1 Å². The van der Waals surface area contributed by atoms with E-state index in [2.05, 4.69) is 10.3 Å². The first kappa shape index (κ1) is 22.1. The van der Waals surface area contributed by atoms with Crippen molar-refractivity contribution in [1.29, 1.82) is 0 Å². The summed E-state index contributed by atoms with van der Waals surface area (Å²) in [5, 5.41) is 2.73. The number of alkyl halides is 2. The number of anilines is 1. The summed E-state index contributed by atoms with van der Waals surface area (Å²) >= 11 is 0. The van der Waals surface area contributed by atoms with Gasteiger partial charge in [-0.05, 0) is 45.7 Å². The Morgan fingerprint density at radius 3 is 2.72 bits per heavy atom. The van der Waals surface area contributed by atoms with Gasteiger partial charge >= 0.3 is 0 Å². The van der Waals surface area contributed by atoms with E-state index in [1.54, 1.807) is 12.3 Å². The van der Waals surface area contributed by atoms with Crippen LogP contribution in [0.15, 0.2) is 36.7 Å². The summed E-state index contributed by atoms with van der Waals surface area (Å²) in [5.74, 6) is 0.180. The number of amides is 1. The number of aromatic nitrogens is 3. The Morgan fingerprint density at radius 1 is 1.25 bits per heavy atom. The van der Waals surface area contributed by atoms with Crippen molar-refractivity contribution in [3.8, 4) is 5.75 Å². The molecule has 9 heteroatoms. The molecule has 0 saturated heterocycles. The van der Waals surface area contributed by atoms with E-state index in [4.69, 9.17) is 14.5 Å². The third-order valence-electron chi connectivity index (χ3n) is 5.33. The van der Waals surface area contributed by atoms with E-state index >= 15 is 0 Å². The molecule has 0 atom stereocenters. The lowest BCUT2D eigenvalue weighted by atomic mass is 9.80. The summed E-state index contributed by atoms with van der Waals surface area (Å²) in [5.41, 5.74) is 1.53. The zero-order valence-electron chi connectivity index (χ0n) is 18.2. The predicted octanol–water partition coefficient (Wildman–Crippen LogP) is 4.99. The van der Waals surface area contributed by atoms with Crippen LogP contribution in [0.4, 0.5) is 14.5 Å². The van der Waals surface area contributed by atoms with Gasteiger partial charge in [0.2, 0.25) is 0 Å². The van der Waals surface area contributed by atoms with Crippen LogP contribution in [-0.2, 0) is 4.74 Å². The molecule has 0 bridgehead atoms. The molecule has 32 heavy (non-hydrogen) atoms. The Labute approximate surface area is 184 Å². The lowest BCUT2D eigenvalue weighted by Gasteiger charge is -2.35. The molecule has 3 aromatic rings. The van der Waals surface area contributed by atoms with Gasteiger partial charge in [0.05, 0.1) is 24.5 Å². The van der Waals surface area contributed by atoms with Gasteiger partial charge in [-0.3, -0.25) is 4.79 Å². The van der Waals surface area contributed by atoms with Gasteiger partial charge in [-0.1, -0.05) is 6.07 Å². The molecule has 1 aliphatic carbocycles. The van der Waals surface area contributed by atoms with Crippen molar-refractivity contribution in [3.05, 3.63) is 53.7 Å². The molecular weight excluding hydrogens is 418 g/mol. The molecule has 3 aromatic heterocycles. The normalized spacial score (nSPS) is 18.2. The summed E-state index contributed by atoms with van der Waals surface area (Å²) < 4.78 is 39.2. The van der Waals surface area contributed by atoms with Crippen molar-refractivity contribution in [2.24, 2.45) is 0 Å². The minimum Gasteiger partial charge on any atom is -0.491 e. The lowest BCUT2D eigenvalue weighted by molar-refractivity contribution is -0.0455. The van der Waals surface area contributed by atoms with E-state index in [-0.39, 0.29) is 17.9 Å². The average molecular weight is 444 g/mol. The van der Waals surface area contributed by atoms with Gasteiger partial charge in [0.15, 0.2) is 0 Å². The summed E-state index contributed by atoms with van der Waals surface area (Å²) in [4.78, 5) is 21.1. The van der Waals surface area contributed by atoms with Gasteiger partial charge in [-0.2, -0.15) is 0 Å². The molecule has 1 N–H and O–H groups in total. The highest BCUT2D eigenvalue weighted by molar-refractivity contribution is 6.03. The molecule has 1 aliphatic rings. The van der Waals surface area contributed by atoms with Gasteiger partial charge in [0, 0.05) is 24.4 Å². The predicted molar refractivity (Wildman–Crippen MR) is 115 cm³/mol. The zero-order valence-corrected chi connectivity index (χ0v) is 18.2. The monoisotopic (exact) mass is 444 g/mol. The van der Waals surface area contributed by atoms with Crippen LogP contribution in [0.3, 0.4) is 0 Å². The van der Waals surface area contributed by atoms with Crippen molar-refractivity contribution in [3.63, 3.8) is 0 Å². The standard InChI is InChI=1S/C23H26F2N4O3/c1-4-31-20-10-21-27-18(14-8-15(9-14)32-13(2)3)11-29(21)12-19(20)28-23(30)17-7-5-6-16(26-17)22(24)25/h5-7,10-15,22H,4,8-9H2,1-3H3,(H,28,30). The SMILES string of the molecule is CCOc1cc2nc(C3CC(OC(C)C)C3)cn2cc1NC(=O)c1cccc(C(F)F)n1. The molecule has 0 unspecified atom stereocenters. The van der Waals surface area contributed by atoms with E-state index in [1.165, 1.54) is 18.2 Å². The Kier molecular flexibility index (Phi) is 6.36. The van der Waals surface area contributed by atoms with Crippen molar-refractivity contribution < 1.29 is 23.0 Å². The summed E-state index contributed by atoms with van der Waals surface area (Å²) in [6.45, 7) is 6.29. The second-order valence-electron chi connectivity index (χ2n) is 8.09. The highest BCUT2D eigenvalue weighted by atomic mass is 19.3. The Balaban J connectivity index is 1.56. The minimum absolute atomic E-state index is 0.0951. The first-order chi connectivity index (χ1) is 15.3. The van der Waals surface area contributed by atoms with Crippen LogP contribution in [-0.4, -0.2) is 39.1 Å². The maximum absolute atomic E-state index is 12.9. The maximum atomic E-state index is 12.9. The lowest BCUT2D eigenvalue weighted by Crippen LogP contribution is -2.32. The molecule has 1 fully saturated rings. The highest BCUT2D eigenvalue weighted by Crippen LogP contribution is 2.39. The third kappa shape index (κ3) is 4.72. The number of ether oxygens (including phenoxy) is 2. The summed E-state index contributed by atoms with van der Waals surface area (Å²) in [7, 11) is 0. The maximum Gasteiger partial charge on any atom is 0.280 e. The number of halogens is 2. The number of rotatable bonds is 8. The molecule has 1 saturated carbocycles. The minimum atomic E-state index is -2.75. The molecule has 1 amide bonds. The van der Waals surface area contributed by atoms with Crippen LogP contribution in [0.5, 0.6) is 5.75 Å². The smallest absolute Gasteiger partial charge is 0.280 e. The number of fused-ring (bicyclic) bond motifs is 1.